The summed E-state index contributed by atoms with van der Waals surface area (Å²) in [6.45, 7) is 12.4. The third kappa shape index (κ3) is 4.71. The highest BCUT2D eigenvalue weighted by Crippen LogP contribution is 2.18. The van der Waals surface area contributed by atoms with Gasteiger partial charge in [0.05, 0.1) is 10.5 Å². The number of nitrogens with one attached hydrogen (secondary N) is 1. The van der Waals surface area contributed by atoms with Gasteiger partial charge in [0.2, 0.25) is 0 Å². The van der Waals surface area contributed by atoms with Gasteiger partial charge >= 0.3 is 0 Å². The minimum absolute atomic E-state index is 0.271. The Bertz CT molecular complexity index is 387. The number of rotatable bonds is 6. The second kappa shape index (κ2) is 7.23. The van der Waals surface area contributed by atoms with E-state index in [1.165, 1.54) is 0 Å². The molecule has 0 saturated carbocycles. The van der Waals surface area contributed by atoms with Gasteiger partial charge in [-0.05, 0) is 33.6 Å². The number of hydrogen-bond donors (Lipinski definition) is 1. The lowest BCUT2D eigenvalue weighted by Gasteiger charge is -2.40. The molecule has 0 bridgehead atoms. The molecule has 5 heteroatoms. The first-order chi connectivity index (χ1) is 9.21. The first kappa shape index (κ1) is 17.9. The minimum atomic E-state index is -3.02. The molecular weight excluding hydrogens is 272 g/mol. The fourth-order valence-electron chi connectivity index (χ4n) is 2.64. The molecule has 1 rings (SSSR count). The highest BCUT2D eigenvalue weighted by Gasteiger charge is 2.32. The molecule has 120 valence electrons. The Labute approximate surface area is 125 Å². The molecule has 0 spiro atoms. The topological polar surface area (TPSA) is 49.4 Å². The van der Waals surface area contributed by atoms with Crippen molar-refractivity contribution in [3.8, 4) is 0 Å². The van der Waals surface area contributed by atoms with Crippen molar-refractivity contribution in [2.24, 2.45) is 0 Å². The second-order valence-corrected chi connectivity index (χ2v) is 9.74. The number of nitrogens with zero attached hydrogens (tertiary/aromatic N) is 1. The van der Waals surface area contributed by atoms with Crippen molar-refractivity contribution in [3.63, 3.8) is 0 Å². The van der Waals surface area contributed by atoms with Gasteiger partial charge in [-0.2, -0.15) is 0 Å². The molecule has 0 aromatic carbocycles. The Morgan fingerprint density at radius 2 is 1.90 bits per heavy atom. The molecule has 1 heterocycles. The third-order valence-corrected chi connectivity index (χ3v) is 6.89. The number of sulfone groups is 1. The first-order valence-electron chi connectivity index (χ1n) is 7.91. The van der Waals surface area contributed by atoms with Crippen molar-refractivity contribution < 1.29 is 8.42 Å². The third-order valence-electron chi connectivity index (χ3n) is 4.31. The normalized spacial score (nSPS) is 25.9. The molecule has 1 fully saturated rings. The molecule has 0 amide bonds. The zero-order valence-electron chi connectivity index (χ0n) is 13.8. The predicted molar refractivity (Wildman–Crippen MR) is 85.9 cm³/mol. The fraction of sp³-hybridized carbons (Fsp3) is 1.00. The minimum Gasteiger partial charge on any atom is -0.311 e. The summed E-state index contributed by atoms with van der Waals surface area (Å²) in [5.74, 6) is 0.271. The van der Waals surface area contributed by atoms with E-state index in [9.17, 15) is 8.42 Å². The van der Waals surface area contributed by atoms with Crippen LogP contribution in [0.3, 0.4) is 0 Å². The highest BCUT2D eigenvalue weighted by atomic mass is 32.2. The van der Waals surface area contributed by atoms with Gasteiger partial charge in [0, 0.05) is 31.7 Å². The van der Waals surface area contributed by atoms with Gasteiger partial charge in [-0.15, -0.1) is 0 Å². The fourth-order valence-corrected chi connectivity index (χ4v) is 3.72. The van der Waals surface area contributed by atoms with Gasteiger partial charge < -0.3 is 5.32 Å². The standard InChI is InChI=1S/C15H32N2O2S/c1-6-8-14-11-16-13(7-2)12-17(14)9-10-20(18,19)15(3,4)5/h13-14,16H,6-12H2,1-5H3. The van der Waals surface area contributed by atoms with Gasteiger partial charge in [0.25, 0.3) is 0 Å². The predicted octanol–water partition coefficient (Wildman–Crippen LogP) is 2.05. The van der Waals surface area contributed by atoms with E-state index >= 15 is 0 Å². The Morgan fingerprint density at radius 3 is 2.40 bits per heavy atom. The van der Waals surface area contributed by atoms with Crippen LogP contribution in [0.4, 0.5) is 0 Å². The Hall–Kier alpha value is -0.130. The van der Waals surface area contributed by atoms with Crippen LogP contribution in [-0.2, 0) is 9.84 Å². The quantitative estimate of drug-likeness (QED) is 0.816. The van der Waals surface area contributed by atoms with Crippen molar-refractivity contribution in [1.29, 1.82) is 0 Å². The molecule has 1 saturated heterocycles. The molecule has 0 aromatic heterocycles. The van der Waals surface area contributed by atoms with Crippen molar-refractivity contribution >= 4 is 9.84 Å². The van der Waals surface area contributed by atoms with Crippen LogP contribution in [0.2, 0.25) is 0 Å². The molecule has 20 heavy (non-hydrogen) atoms. The first-order valence-corrected chi connectivity index (χ1v) is 9.56. The molecule has 4 nitrogen and oxygen atoms in total. The molecule has 0 radical (unpaired) electrons. The monoisotopic (exact) mass is 304 g/mol. The maximum absolute atomic E-state index is 12.3. The molecule has 0 aromatic rings. The van der Waals surface area contributed by atoms with E-state index in [1.807, 2.05) is 0 Å². The molecule has 1 aliphatic heterocycles. The Balaban J connectivity index is 2.66. The van der Waals surface area contributed by atoms with E-state index in [2.05, 4.69) is 24.1 Å². The van der Waals surface area contributed by atoms with Crippen LogP contribution >= 0.6 is 0 Å². The molecule has 0 aliphatic carbocycles. The summed E-state index contributed by atoms with van der Waals surface area (Å²) < 4.78 is 23.9. The molecular formula is C15H32N2O2S. The van der Waals surface area contributed by atoms with Crippen LogP contribution < -0.4 is 5.32 Å². The second-order valence-electron chi connectivity index (χ2n) is 6.88. The van der Waals surface area contributed by atoms with Crippen molar-refractivity contribution in [2.45, 2.75) is 70.7 Å². The highest BCUT2D eigenvalue weighted by molar-refractivity contribution is 7.92. The molecule has 1 N–H and O–H groups in total. The summed E-state index contributed by atoms with van der Waals surface area (Å²) in [5, 5.41) is 3.57. The van der Waals surface area contributed by atoms with Gasteiger partial charge in [-0.3, -0.25) is 4.90 Å². The number of piperazine rings is 1. The SMILES string of the molecule is CCCC1CNC(CC)CN1CCS(=O)(=O)C(C)(C)C. The van der Waals surface area contributed by atoms with E-state index < -0.39 is 14.6 Å². The van der Waals surface area contributed by atoms with E-state index in [0.717, 1.165) is 32.4 Å². The molecule has 1 aliphatic rings. The zero-order chi connectivity index (χ0) is 15.4. The van der Waals surface area contributed by atoms with E-state index in [0.29, 0.717) is 18.6 Å². The van der Waals surface area contributed by atoms with Crippen LogP contribution in [0.1, 0.15) is 53.9 Å². The van der Waals surface area contributed by atoms with Crippen LogP contribution in [-0.4, -0.2) is 55.5 Å². The zero-order valence-corrected chi connectivity index (χ0v) is 14.6. The average Bonchev–Trinajstić information content (AvgIpc) is 2.36. The maximum atomic E-state index is 12.3. The largest absolute Gasteiger partial charge is 0.311 e. The average molecular weight is 305 g/mol. The summed E-state index contributed by atoms with van der Waals surface area (Å²) >= 11 is 0. The molecule has 2 unspecified atom stereocenters. The van der Waals surface area contributed by atoms with Gasteiger partial charge in [0.1, 0.15) is 0 Å². The van der Waals surface area contributed by atoms with Gasteiger partial charge in [-0.25, -0.2) is 8.42 Å². The Kier molecular flexibility index (Phi) is 6.48. The summed E-state index contributed by atoms with van der Waals surface area (Å²) in [4.78, 5) is 2.39. The lowest BCUT2D eigenvalue weighted by atomic mass is 10.0. The number of hydrogen-bond acceptors (Lipinski definition) is 4. The van der Waals surface area contributed by atoms with Crippen LogP contribution in [0.15, 0.2) is 0 Å². The summed E-state index contributed by atoms with van der Waals surface area (Å²) in [5.41, 5.74) is 0. The summed E-state index contributed by atoms with van der Waals surface area (Å²) in [6.07, 6.45) is 3.38. The van der Waals surface area contributed by atoms with Gasteiger partial charge in [-0.1, -0.05) is 20.3 Å². The Morgan fingerprint density at radius 1 is 1.25 bits per heavy atom. The van der Waals surface area contributed by atoms with Crippen LogP contribution in [0, 0.1) is 0 Å². The summed E-state index contributed by atoms with van der Waals surface area (Å²) in [6, 6.07) is 0.985. The van der Waals surface area contributed by atoms with Crippen molar-refractivity contribution in [3.05, 3.63) is 0 Å². The van der Waals surface area contributed by atoms with E-state index in [1.54, 1.807) is 20.8 Å². The molecule has 2 atom stereocenters. The maximum Gasteiger partial charge on any atom is 0.156 e. The van der Waals surface area contributed by atoms with Crippen LogP contribution in [0.5, 0.6) is 0 Å². The lowest BCUT2D eigenvalue weighted by Crippen LogP contribution is -2.57. The lowest BCUT2D eigenvalue weighted by molar-refractivity contribution is 0.128. The van der Waals surface area contributed by atoms with E-state index in [4.69, 9.17) is 0 Å². The smallest absolute Gasteiger partial charge is 0.156 e. The van der Waals surface area contributed by atoms with Crippen LogP contribution in [0.25, 0.3) is 0 Å². The van der Waals surface area contributed by atoms with E-state index in [-0.39, 0.29) is 5.75 Å². The van der Waals surface area contributed by atoms with Gasteiger partial charge in [0.15, 0.2) is 9.84 Å². The summed E-state index contributed by atoms with van der Waals surface area (Å²) in [7, 11) is -3.02. The van der Waals surface area contributed by atoms with Crippen molar-refractivity contribution in [2.75, 3.05) is 25.4 Å². The van der Waals surface area contributed by atoms with Crippen molar-refractivity contribution in [1.82, 2.24) is 10.2 Å².